The van der Waals surface area contributed by atoms with Gasteiger partial charge in [0.1, 0.15) is 5.76 Å². The van der Waals surface area contributed by atoms with Crippen molar-refractivity contribution < 1.29 is 18.9 Å². The van der Waals surface area contributed by atoms with Crippen molar-refractivity contribution in [3.05, 3.63) is 57.0 Å². The van der Waals surface area contributed by atoms with E-state index < -0.39 is 4.92 Å². The van der Waals surface area contributed by atoms with Crippen molar-refractivity contribution in [2.45, 2.75) is 32.6 Å². The van der Waals surface area contributed by atoms with Crippen LogP contribution in [0.2, 0.25) is 0 Å². The van der Waals surface area contributed by atoms with E-state index in [0.717, 1.165) is 81.1 Å². The molecule has 1 amide bonds. The van der Waals surface area contributed by atoms with Crippen LogP contribution in [-0.2, 0) is 11.2 Å². The molecule has 0 radical (unpaired) electrons. The number of fused-ring (bicyclic) bond motifs is 1. The topological polar surface area (TPSA) is 122 Å². The summed E-state index contributed by atoms with van der Waals surface area (Å²) in [6, 6.07) is 6.09. The zero-order valence-corrected chi connectivity index (χ0v) is 18.8. The molecule has 0 atom stereocenters. The minimum absolute atomic E-state index is 0.0273. The molecule has 0 spiro atoms. The number of carbonyl (C=O) groups excluding carboxylic acids is 1. The highest BCUT2D eigenvalue weighted by Gasteiger charge is 2.28. The molecule has 1 aliphatic heterocycles. The average molecular weight is 456 g/mol. The fraction of sp³-hybridized carbons (Fsp3) is 0.478. The number of ether oxygens (including phenoxy) is 1. The SMILES string of the molecule is Cc1c(C(=O)NCCCN2CCOCC2)oc2c1/C(=N/Nc1ccc([N+](=O)[O-])cc1)CCC2. The summed E-state index contributed by atoms with van der Waals surface area (Å²) >= 11 is 0. The number of non-ortho nitro benzene ring substituents is 1. The summed E-state index contributed by atoms with van der Waals surface area (Å²) in [5.74, 6) is 0.921. The number of nitrogens with zero attached hydrogens (tertiary/aromatic N) is 3. The Labute approximate surface area is 192 Å². The minimum Gasteiger partial charge on any atom is -0.455 e. The number of nitrogens with one attached hydrogen (secondary N) is 2. The number of anilines is 1. The van der Waals surface area contributed by atoms with Crippen molar-refractivity contribution in [2.75, 3.05) is 44.8 Å². The lowest BCUT2D eigenvalue weighted by atomic mass is 9.93. The number of carbonyl (C=O) groups is 1. The van der Waals surface area contributed by atoms with Gasteiger partial charge in [0.25, 0.3) is 11.6 Å². The molecular weight excluding hydrogens is 426 g/mol. The Kier molecular flexibility index (Phi) is 7.36. The summed E-state index contributed by atoms with van der Waals surface area (Å²) in [7, 11) is 0. The van der Waals surface area contributed by atoms with Crippen LogP contribution < -0.4 is 10.7 Å². The van der Waals surface area contributed by atoms with Gasteiger partial charge >= 0.3 is 0 Å². The van der Waals surface area contributed by atoms with Gasteiger partial charge in [0.2, 0.25) is 0 Å². The number of nitro groups is 1. The van der Waals surface area contributed by atoms with E-state index in [0.29, 0.717) is 18.0 Å². The predicted octanol–water partition coefficient (Wildman–Crippen LogP) is 3.10. The van der Waals surface area contributed by atoms with Crippen LogP contribution in [0.4, 0.5) is 11.4 Å². The van der Waals surface area contributed by atoms with Crippen LogP contribution in [0.1, 0.15) is 46.7 Å². The Morgan fingerprint density at radius 1 is 1.21 bits per heavy atom. The molecule has 1 aliphatic carbocycles. The van der Waals surface area contributed by atoms with E-state index >= 15 is 0 Å². The third-order valence-corrected chi connectivity index (χ3v) is 5.97. The number of aryl methyl sites for hydroxylation is 1. The molecule has 2 N–H and O–H groups in total. The third-order valence-electron chi connectivity index (χ3n) is 5.97. The molecule has 1 fully saturated rings. The Morgan fingerprint density at radius 3 is 2.70 bits per heavy atom. The molecule has 1 aromatic carbocycles. The summed E-state index contributed by atoms with van der Waals surface area (Å²) in [6.07, 6.45) is 3.27. The molecule has 10 nitrogen and oxygen atoms in total. The van der Waals surface area contributed by atoms with Crippen molar-refractivity contribution in [3.8, 4) is 0 Å². The average Bonchev–Trinajstić information content (AvgIpc) is 3.18. The molecule has 0 bridgehead atoms. The first-order valence-corrected chi connectivity index (χ1v) is 11.3. The number of amides is 1. The number of hydrazone groups is 1. The molecule has 2 heterocycles. The summed E-state index contributed by atoms with van der Waals surface area (Å²) in [6.45, 7) is 6.82. The van der Waals surface area contributed by atoms with E-state index in [1.807, 2.05) is 6.92 Å². The van der Waals surface area contributed by atoms with Crippen molar-refractivity contribution in [1.82, 2.24) is 10.2 Å². The fourth-order valence-electron chi connectivity index (χ4n) is 4.20. The lowest BCUT2D eigenvalue weighted by Gasteiger charge is -2.26. The monoisotopic (exact) mass is 455 g/mol. The van der Waals surface area contributed by atoms with Crippen LogP contribution in [0.15, 0.2) is 33.8 Å². The van der Waals surface area contributed by atoms with Gasteiger partial charge in [-0.3, -0.25) is 25.2 Å². The van der Waals surface area contributed by atoms with Crippen molar-refractivity contribution in [2.24, 2.45) is 5.10 Å². The van der Waals surface area contributed by atoms with Gasteiger partial charge in [-0.15, -0.1) is 0 Å². The smallest absolute Gasteiger partial charge is 0.287 e. The second-order valence-electron chi connectivity index (χ2n) is 8.25. The summed E-state index contributed by atoms with van der Waals surface area (Å²) in [5, 5.41) is 18.3. The lowest BCUT2D eigenvalue weighted by Crippen LogP contribution is -2.38. The van der Waals surface area contributed by atoms with Gasteiger partial charge in [0.05, 0.1) is 29.5 Å². The standard InChI is InChI=1S/C23H29N5O5/c1-16-21-19(26-25-17-6-8-18(9-7-17)28(30)31)4-2-5-20(21)33-22(16)23(29)24-10-3-11-27-12-14-32-15-13-27/h6-9,25H,2-5,10-15H2,1H3,(H,24,29)/b26-19+. The van der Waals surface area contributed by atoms with Crippen LogP contribution in [0, 0.1) is 17.0 Å². The maximum atomic E-state index is 12.8. The number of rotatable bonds is 8. The highest BCUT2D eigenvalue weighted by molar-refractivity contribution is 6.06. The molecule has 176 valence electrons. The van der Waals surface area contributed by atoms with Crippen molar-refractivity contribution in [1.29, 1.82) is 0 Å². The number of morpholine rings is 1. The normalized spacial score (nSPS) is 17.5. The molecule has 2 aromatic rings. The van der Waals surface area contributed by atoms with Crippen LogP contribution in [0.3, 0.4) is 0 Å². The third kappa shape index (κ3) is 5.58. The summed E-state index contributed by atoms with van der Waals surface area (Å²) in [4.78, 5) is 25.5. The number of hydrogen-bond acceptors (Lipinski definition) is 8. The maximum absolute atomic E-state index is 12.8. The second kappa shape index (κ2) is 10.6. The van der Waals surface area contributed by atoms with Gasteiger partial charge in [0, 0.05) is 49.3 Å². The number of nitro benzene ring substituents is 1. The zero-order valence-electron chi connectivity index (χ0n) is 18.8. The number of hydrogen-bond donors (Lipinski definition) is 2. The Bertz CT molecular complexity index is 1020. The molecule has 0 unspecified atom stereocenters. The van der Waals surface area contributed by atoms with E-state index in [-0.39, 0.29) is 11.6 Å². The number of furan rings is 1. The Balaban J connectivity index is 1.38. The molecule has 0 saturated carbocycles. The first-order valence-electron chi connectivity index (χ1n) is 11.3. The fourth-order valence-corrected chi connectivity index (χ4v) is 4.20. The minimum atomic E-state index is -0.437. The Hall–Kier alpha value is -3.24. The summed E-state index contributed by atoms with van der Waals surface area (Å²) in [5.41, 5.74) is 6.15. The first kappa shape index (κ1) is 22.9. The summed E-state index contributed by atoms with van der Waals surface area (Å²) < 4.78 is 11.3. The van der Waals surface area contributed by atoms with Gasteiger partial charge in [-0.1, -0.05) is 0 Å². The first-order chi connectivity index (χ1) is 16.0. The van der Waals surface area contributed by atoms with Crippen LogP contribution in [-0.4, -0.2) is 60.8 Å². The molecule has 2 aliphatic rings. The van der Waals surface area contributed by atoms with E-state index in [4.69, 9.17) is 9.15 Å². The van der Waals surface area contributed by atoms with Gasteiger partial charge < -0.3 is 14.5 Å². The largest absolute Gasteiger partial charge is 0.455 e. The maximum Gasteiger partial charge on any atom is 0.287 e. The zero-order chi connectivity index (χ0) is 23.2. The van der Waals surface area contributed by atoms with Gasteiger partial charge in [-0.25, -0.2) is 0 Å². The van der Waals surface area contributed by atoms with Gasteiger partial charge in [-0.05, 0) is 44.9 Å². The van der Waals surface area contributed by atoms with Gasteiger partial charge in [0.15, 0.2) is 5.76 Å². The van der Waals surface area contributed by atoms with Crippen LogP contribution in [0.25, 0.3) is 0 Å². The quantitative estimate of drug-likeness (QED) is 0.356. The van der Waals surface area contributed by atoms with Crippen LogP contribution in [0.5, 0.6) is 0 Å². The van der Waals surface area contributed by atoms with E-state index in [2.05, 4.69) is 20.7 Å². The van der Waals surface area contributed by atoms with Crippen molar-refractivity contribution >= 4 is 23.0 Å². The number of benzene rings is 1. The van der Waals surface area contributed by atoms with E-state index in [1.54, 1.807) is 12.1 Å². The van der Waals surface area contributed by atoms with Gasteiger partial charge in [-0.2, -0.15) is 5.10 Å². The Morgan fingerprint density at radius 2 is 1.97 bits per heavy atom. The predicted molar refractivity (Wildman–Crippen MR) is 124 cm³/mol. The van der Waals surface area contributed by atoms with Crippen LogP contribution >= 0.6 is 0 Å². The van der Waals surface area contributed by atoms with E-state index in [9.17, 15) is 14.9 Å². The molecule has 10 heteroatoms. The molecular formula is C23H29N5O5. The lowest BCUT2D eigenvalue weighted by molar-refractivity contribution is -0.384. The molecule has 4 rings (SSSR count). The highest BCUT2D eigenvalue weighted by atomic mass is 16.6. The molecule has 1 saturated heterocycles. The molecule has 33 heavy (non-hydrogen) atoms. The second-order valence-corrected chi connectivity index (χ2v) is 8.25. The van der Waals surface area contributed by atoms with Crippen molar-refractivity contribution in [3.63, 3.8) is 0 Å². The van der Waals surface area contributed by atoms with E-state index in [1.165, 1.54) is 12.1 Å². The molecule has 1 aromatic heterocycles. The highest BCUT2D eigenvalue weighted by Crippen LogP contribution is 2.30.